The van der Waals surface area contributed by atoms with Crippen LogP contribution in [0.3, 0.4) is 0 Å². The van der Waals surface area contributed by atoms with Gasteiger partial charge in [0.1, 0.15) is 5.75 Å². The van der Waals surface area contributed by atoms with Crippen LogP contribution in [0.1, 0.15) is 45.4 Å². The van der Waals surface area contributed by atoms with Crippen molar-refractivity contribution in [1.29, 1.82) is 0 Å². The first-order valence-electron chi connectivity index (χ1n) is 6.68. The Morgan fingerprint density at radius 3 is 2.53 bits per heavy atom. The standard InChI is InChI=1S/C15H21BrO/c1-12(13-7-4-2-3-5-8-13)17-15-10-6-9-14(16)11-15/h6,9-13H,2-5,7-8H2,1H3/t12-/m0/s1. The monoisotopic (exact) mass is 296 g/mol. The molecule has 0 unspecified atom stereocenters. The molecule has 1 fully saturated rings. The first-order chi connectivity index (χ1) is 8.25. The molecule has 2 rings (SSSR count). The lowest BCUT2D eigenvalue weighted by Crippen LogP contribution is -2.23. The molecule has 1 saturated carbocycles. The number of ether oxygens (including phenoxy) is 1. The largest absolute Gasteiger partial charge is 0.490 e. The molecule has 94 valence electrons. The van der Waals surface area contributed by atoms with E-state index in [0.29, 0.717) is 6.10 Å². The number of rotatable bonds is 3. The van der Waals surface area contributed by atoms with E-state index in [0.717, 1.165) is 16.1 Å². The van der Waals surface area contributed by atoms with E-state index in [1.807, 2.05) is 24.3 Å². The van der Waals surface area contributed by atoms with Gasteiger partial charge in [0.15, 0.2) is 0 Å². The number of hydrogen-bond donors (Lipinski definition) is 0. The second-order valence-electron chi connectivity index (χ2n) is 5.03. The maximum atomic E-state index is 6.06. The van der Waals surface area contributed by atoms with Gasteiger partial charge in [-0.25, -0.2) is 0 Å². The molecule has 17 heavy (non-hydrogen) atoms. The molecule has 1 atom stereocenters. The lowest BCUT2D eigenvalue weighted by atomic mass is 9.95. The Balaban J connectivity index is 1.93. The summed E-state index contributed by atoms with van der Waals surface area (Å²) >= 11 is 3.48. The Labute approximate surface area is 113 Å². The van der Waals surface area contributed by atoms with Crippen molar-refractivity contribution in [3.05, 3.63) is 28.7 Å². The van der Waals surface area contributed by atoms with E-state index in [-0.39, 0.29) is 0 Å². The summed E-state index contributed by atoms with van der Waals surface area (Å²) in [5.74, 6) is 1.72. The zero-order chi connectivity index (χ0) is 12.1. The SMILES string of the molecule is C[C@H](Oc1cccc(Br)c1)C1CCCCCC1. The Kier molecular flexibility index (Phi) is 4.90. The van der Waals surface area contributed by atoms with Crippen molar-refractivity contribution in [3.8, 4) is 5.75 Å². The van der Waals surface area contributed by atoms with Crippen LogP contribution in [0, 0.1) is 5.92 Å². The topological polar surface area (TPSA) is 9.23 Å². The third-order valence-corrected chi connectivity index (χ3v) is 4.17. The molecular formula is C15H21BrO. The minimum Gasteiger partial charge on any atom is -0.490 e. The van der Waals surface area contributed by atoms with E-state index in [1.54, 1.807) is 0 Å². The molecule has 1 nitrogen and oxygen atoms in total. The fraction of sp³-hybridized carbons (Fsp3) is 0.600. The molecule has 0 saturated heterocycles. The van der Waals surface area contributed by atoms with Crippen molar-refractivity contribution in [1.82, 2.24) is 0 Å². The maximum Gasteiger partial charge on any atom is 0.120 e. The highest BCUT2D eigenvalue weighted by Crippen LogP contribution is 2.28. The Morgan fingerprint density at radius 2 is 1.88 bits per heavy atom. The normalized spacial score (nSPS) is 19.6. The maximum absolute atomic E-state index is 6.06. The summed E-state index contributed by atoms with van der Waals surface area (Å²) in [6.07, 6.45) is 8.54. The highest BCUT2D eigenvalue weighted by atomic mass is 79.9. The number of halogens is 1. The summed E-state index contributed by atoms with van der Waals surface area (Å²) in [7, 11) is 0. The van der Waals surface area contributed by atoms with Crippen molar-refractivity contribution in [2.75, 3.05) is 0 Å². The molecule has 0 amide bonds. The summed E-state index contributed by atoms with van der Waals surface area (Å²) in [5.41, 5.74) is 0. The molecular weight excluding hydrogens is 276 g/mol. The van der Waals surface area contributed by atoms with E-state index in [4.69, 9.17) is 4.74 Å². The van der Waals surface area contributed by atoms with Gasteiger partial charge >= 0.3 is 0 Å². The van der Waals surface area contributed by atoms with Gasteiger partial charge in [-0.15, -0.1) is 0 Å². The molecule has 0 heterocycles. The van der Waals surface area contributed by atoms with Crippen molar-refractivity contribution < 1.29 is 4.74 Å². The molecule has 0 N–H and O–H groups in total. The first-order valence-corrected chi connectivity index (χ1v) is 7.47. The lowest BCUT2D eigenvalue weighted by Gasteiger charge is -2.23. The Hall–Kier alpha value is -0.500. The van der Waals surface area contributed by atoms with Gasteiger partial charge in [-0.2, -0.15) is 0 Å². The second-order valence-corrected chi connectivity index (χ2v) is 5.95. The van der Waals surface area contributed by atoms with Crippen LogP contribution in [0.5, 0.6) is 5.75 Å². The highest BCUT2D eigenvalue weighted by molar-refractivity contribution is 9.10. The molecule has 1 aliphatic carbocycles. The third-order valence-electron chi connectivity index (χ3n) is 3.68. The van der Waals surface area contributed by atoms with Crippen LogP contribution < -0.4 is 4.74 Å². The van der Waals surface area contributed by atoms with Crippen molar-refractivity contribution >= 4 is 15.9 Å². The van der Waals surface area contributed by atoms with E-state index in [2.05, 4.69) is 22.9 Å². The van der Waals surface area contributed by atoms with Crippen LogP contribution in [-0.2, 0) is 0 Å². The lowest BCUT2D eigenvalue weighted by molar-refractivity contribution is 0.140. The van der Waals surface area contributed by atoms with Crippen LogP contribution in [0.15, 0.2) is 28.7 Å². The molecule has 2 heteroatoms. The van der Waals surface area contributed by atoms with Crippen LogP contribution in [0.25, 0.3) is 0 Å². The first kappa shape index (κ1) is 12.9. The van der Waals surface area contributed by atoms with Crippen LogP contribution in [0.2, 0.25) is 0 Å². The quantitative estimate of drug-likeness (QED) is 0.698. The summed E-state index contributed by atoms with van der Waals surface area (Å²) in [6, 6.07) is 8.15. The zero-order valence-electron chi connectivity index (χ0n) is 10.5. The second kappa shape index (κ2) is 6.44. The van der Waals surface area contributed by atoms with E-state index >= 15 is 0 Å². The van der Waals surface area contributed by atoms with E-state index in [1.165, 1.54) is 38.5 Å². The fourth-order valence-electron chi connectivity index (χ4n) is 2.63. The van der Waals surface area contributed by atoms with Gasteiger partial charge in [0, 0.05) is 4.47 Å². The fourth-order valence-corrected chi connectivity index (χ4v) is 3.01. The molecule has 1 aromatic carbocycles. The Morgan fingerprint density at radius 1 is 1.18 bits per heavy atom. The average molecular weight is 297 g/mol. The molecule has 1 aliphatic rings. The summed E-state index contributed by atoms with van der Waals surface area (Å²) in [6.45, 7) is 2.22. The minimum atomic E-state index is 0.336. The van der Waals surface area contributed by atoms with Crippen molar-refractivity contribution in [2.24, 2.45) is 5.92 Å². The number of benzene rings is 1. The van der Waals surface area contributed by atoms with Gasteiger partial charge in [0.2, 0.25) is 0 Å². The summed E-state index contributed by atoms with van der Waals surface area (Å²) < 4.78 is 7.15. The molecule has 0 aromatic heterocycles. The van der Waals surface area contributed by atoms with Crippen LogP contribution in [-0.4, -0.2) is 6.10 Å². The van der Waals surface area contributed by atoms with E-state index in [9.17, 15) is 0 Å². The molecule has 1 aromatic rings. The van der Waals surface area contributed by atoms with Gasteiger partial charge in [-0.05, 0) is 43.9 Å². The molecule has 0 aliphatic heterocycles. The smallest absolute Gasteiger partial charge is 0.120 e. The molecule has 0 spiro atoms. The predicted octanol–water partition coefficient (Wildman–Crippen LogP) is 5.19. The van der Waals surface area contributed by atoms with E-state index < -0.39 is 0 Å². The predicted molar refractivity (Wildman–Crippen MR) is 75.4 cm³/mol. The van der Waals surface area contributed by atoms with Gasteiger partial charge in [-0.3, -0.25) is 0 Å². The summed E-state index contributed by atoms with van der Waals surface area (Å²) in [4.78, 5) is 0. The van der Waals surface area contributed by atoms with Gasteiger partial charge < -0.3 is 4.74 Å². The van der Waals surface area contributed by atoms with Crippen LogP contribution in [0.4, 0.5) is 0 Å². The number of hydrogen-bond acceptors (Lipinski definition) is 1. The van der Waals surface area contributed by atoms with Gasteiger partial charge in [0.25, 0.3) is 0 Å². The highest BCUT2D eigenvalue weighted by Gasteiger charge is 2.20. The van der Waals surface area contributed by atoms with Crippen LogP contribution >= 0.6 is 15.9 Å². The summed E-state index contributed by atoms with van der Waals surface area (Å²) in [5, 5.41) is 0. The minimum absolute atomic E-state index is 0.336. The van der Waals surface area contributed by atoms with Gasteiger partial charge in [0.05, 0.1) is 6.10 Å². The average Bonchev–Trinajstić information content (AvgIpc) is 2.57. The zero-order valence-corrected chi connectivity index (χ0v) is 12.1. The van der Waals surface area contributed by atoms with Gasteiger partial charge in [-0.1, -0.05) is 47.7 Å². The Bertz CT molecular complexity index is 343. The molecule has 0 radical (unpaired) electrons. The molecule has 0 bridgehead atoms. The van der Waals surface area contributed by atoms with Crippen molar-refractivity contribution in [2.45, 2.75) is 51.6 Å². The van der Waals surface area contributed by atoms with Crippen molar-refractivity contribution in [3.63, 3.8) is 0 Å². The third kappa shape index (κ3) is 4.02.